The average molecular weight is 383 g/mol. The summed E-state index contributed by atoms with van der Waals surface area (Å²) in [5.74, 6) is 0.574. The molecule has 0 unspecified atom stereocenters. The van der Waals surface area contributed by atoms with Crippen molar-refractivity contribution >= 4 is 34.7 Å². The van der Waals surface area contributed by atoms with Gasteiger partial charge in [-0.2, -0.15) is 4.98 Å². The zero-order valence-corrected chi connectivity index (χ0v) is 16.4. The normalized spacial score (nSPS) is 10.7. The van der Waals surface area contributed by atoms with Gasteiger partial charge >= 0.3 is 0 Å². The van der Waals surface area contributed by atoms with Gasteiger partial charge < -0.3 is 5.32 Å². The Morgan fingerprint density at radius 3 is 2.67 bits per heavy atom. The van der Waals surface area contributed by atoms with Crippen LogP contribution in [0.1, 0.15) is 28.3 Å². The minimum absolute atomic E-state index is 0.0148. The third kappa shape index (κ3) is 4.56. The molecule has 0 atom stereocenters. The third-order valence-electron chi connectivity index (χ3n) is 3.94. The first-order chi connectivity index (χ1) is 12.8. The summed E-state index contributed by atoms with van der Waals surface area (Å²) in [5, 5.41) is 7.68. The molecule has 1 amide bonds. The lowest BCUT2D eigenvalue weighted by molar-refractivity contribution is -0.121. The molecule has 0 fully saturated rings. The molecule has 9 heteroatoms. The number of fused-ring (bicyclic) bond motifs is 1. The number of carbonyl (C=O) groups is 1. The van der Waals surface area contributed by atoms with Crippen molar-refractivity contribution in [3.05, 3.63) is 52.6 Å². The fourth-order valence-corrected chi connectivity index (χ4v) is 2.78. The molecule has 140 valence electrons. The van der Waals surface area contributed by atoms with Gasteiger partial charge in [0.25, 0.3) is 5.78 Å². The van der Waals surface area contributed by atoms with E-state index < -0.39 is 0 Å². The molecule has 2 heterocycles. The minimum Gasteiger partial charge on any atom is -0.331 e. The Hall–Kier alpha value is -3.07. The van der Waals surface area contributed by atoms with Gasteiger partial charge in [0.05, 0.1) is 6.42 Å². The molecule has 2 aromatic heterocycles. The van der Waals surface area contributed by atoms with Crippen molar-refractivity contribution in [3.63, 3.8) is 0 Å². The Labute approximate surface area is 162 Å². The summed E-state index contributed by atoms with van der Waals surface area (Å²) >= 11 is 5.22. The summed E-state index contributed by atoms with van der Waals surface area (Å²) in [7, 11) is 0. The van der Waals surface area contributed by atoms with Crippen LogP contribution in [-0.2, 0) is 11.2 Å². The molecular formula is C18H21N7OS. The second-order valence-electron chi connectivity index (χ2n) is 6.40. The van der Waals surface area contributed by atoms with E-state index in [9.17, 15) is 4.79 Å². The number of carbonyl (C=O) groups excluding carboxylic acids is 1. The monoisotopic (exact) mass is 383 g/mol. The van der Waals surface area contributed by atoms with Crippen LogP contribution in [0.15, 0.2) is 24.3 Å². The standard InChI is InChI=1S/C18H21N7OS/c1-10-5-6-11(2)14(7-10)20-18(27)23-22-16(26)9-15-21-17-19-12(3)8-13(4)25(17)24-15/h5-8H,9H2,1-4H3,(H,22,26)(H2,20,23,27). The first-order valence-electron chi connectivity index (χ1n) is 8.45. The second kappa shape index (κ2) is 7.67. The lowest BCUT2D eigenvalue weighted by Gasteiger charge is -2.13. The van der Waals surface area contributed by atoms with E-state index in [1.54, 1.807) is 4.52 Å². The lowest BCUT2D eigenvalue weighted by Crippen LogP contribution is -2.44. The van der Waals surface area contributed by atoms with Gasteiger partial charge in [0.1, 0.15) is 0 Å². The predicted molar refractivity (Wildman–Crippen MR) is 107 cm³/mol. The summed E-state index contributed by atoms with van der Waals surface area (Å²) < 4.78 is 1.62. The van der Waals surface area contributed by atoms with Gasteiger partial charge in [-0.15, -0.1) is 5.10 Å². The van der Waals surface area contributed by atoms with Gasteiger partial charge in [0.2, 0.25) is 5.91 Å². The number of amides is 1. The molecule has 3 rings (SSSR count). The van der Waals surface area contributed by atoms with Gasteiger partial charge in [0, 0.05) is 17.1 Å². The number of hydrogen-bond acceptors (Lipinski definition) is 5. The van der Waals surface area contributed by atoms with E-state index in [-0.39, 0.29) is 12.3 Å². The highest BCUT2D eigenvalue weighted by Crippen LogP contribution is 2.15. The van der Waals surface area contributed by atoms with Crippen LogP contribution in [-0.4, -0.2) is 30.6 Å². The lowest BCUT2D eigenvalue weighted by atomic mass is 10.1. The molecule has 0 aliphatic heterocycles. The van der Waals surface area contributed by atoms with Crippen LogP contribution in [0.5, 0.6) is 0 Å². The molecule has 3 N–H and O–H groups in total. The molecular weight excluding hydrogens is 362 g/mol. The SMILES string of the molecule is Cc1ccc(C)c(NC(=S)NNC(=O)Cc2nc3nc(C)cc(C)n3n2)c1. The van der Waals surface area contributed by atoms with E-state index in [0.29, 0.717) is 16.7 Å². The van der Waals surface area contributed by atoms with Gasteiger partial charge in [-0.25, -0.2) is 9.50 Å². The Morgan fingerprint density at radius 1 is 1.11 bits per heavy atom. The van der Waals surface area contributed by atoms with Crippen molar-refractivity contribution in [1.29, 1.82) is 0 Å². The topological polar surface area (TPSA) is 96.2 Å². The summed E-state index contributed by atoms with van der Waals surface area (Å²) in [5.41, 5.74) is 10.1. The fourth-order valence-electron chi connectivity index (χ4n) is 2.62. The second-order valence-corrected chi connectivity index (χ2v) is 6.81. The zero-order chi connectivity index (χ0) is 19.6. The largest absolute Gasteiger partial charge is 0.331 e. The predicted octanol–water partition coefficient (Wildman–Crippen LogP) is 1.92. The first kappa shape index (κ1) is 18.7. The van der Waals surface area contributed by atoms with Gasteiger partial charge in [-0.3, -0.25) is 15.6 Å². The van der Waals surface area contributed by atoms with Crippen LogP contribution in [0.4, 0.5) is 5.69 Å². The van der Waals surface area contributed by atoms with E-state index in [2.05, 4.69) is 31.2 Å². The van der Waals surface area contributed by atoms with E-state index in [0.717, 1.165) is 28.2 Å². The van der Waals surface area contributed by atoms with E-state index in [1.165, 1.54) is 0 Å². The van der Waals surface area contributed by atoms with Crippen molar-refractivity contribution < 1.29 is 4.79 Å². The van der Waals surface area contributed by atoms with Crippen LogP contribution < -0.4 is 16.2 Å². The van der Waals surface area contributed by atoms with Crippen LogP contribution in [0.2, 0.25) is 0 Å². The number of benzene rings is 1. The zero-order valence-electron chi connectivity index (χ0n) is 15.6. The van der Waals surface area contributed by atoms with Crippen molar-refractivity contribution in [2.45, 2.75) is 34.1 Å². The van der Waals surface area contributed by atoms with E-state index in [4.69, 9.17) is 12.2 Å². The quantitative estimate of drug-likeness (QED) is 0.470. The number of aromatic nitrogens is 4. The maximum Gasteiger partial charge on any atom is 0.252 e. The molecule has 8 nitrogen and oxygen atoms in total. The van der Waals surface area contributed by atoms with E-state index >= 15 is 0 Å². The molecule has 27 heavy (non-hydrogen) atoms. The van der Waals surface area contributed by atoms with Crippen molar-refractivity contribution in [2.24, 2.45) is 0 Å². The Bertz CT molecular complexity index is 1030. The summed E-state index contributed by atoms with van der Waals surface area (Å²) in [6.45, 7) is 7.79. The summed E-state index contributed by atoms with van der Waals surface area (Å²) in [4.78, 5) is 20.8. The van der Waals surface area contributed by atoms with Gasteiger partial charge in [0.15, 0.2) is 10.9 Å². The minimum atomic E-state index is -0.301. The smallest absolute Gasteiger partial charge is 0.252 e. The number of hydrazine groups is 1. The van der Waals surface area contributed by atoms with Crippen molar-refractivity contribution in [1.82, 2.24) is 30.4 Å². The van der Waals surface area contributed by atoms with Gasteiger partial charge in [-0.1, -0.05) is 12.1 Å². The fraction of sp³-hybridized carbons (Fsp3) is 0.278. The highest BCUT2D eigenvalue weighted by Gasteiger charge is 2.12. The van der Waals surface area contributed by atoms with Crippen molar-refractivity contribution in [2.75, 3.05) is 5.32 Å². The summed E-state index contributed by atoms with van der Waals surface area (Å²) in [6, 6.07) is 7.93. The highest BCUT2D eigenvalue weighted by molar-refractivity contribution is 7.80. The van der Waals surface area contributed by atoms with E-state index in [1.807, 2.05) is 52.0 Å². The summed E-state index contributed by atoms with van der Waals surface area (Å²) in [6.07, 6.45) is 0.0148. The molecule has 0 bridgehead atoms. The molecule has 0 aliphatic carbocycles. The maximum absolute atomic E-state index is 12.1. The third-order valence-corrected chi connectivity index (χ3v) is 4.14. The van der Waals surface area contributed by atoms with Crippen LogP contribution in [0.3, 0.4) is 0 Å². The highest BCUT2D eigenvalue weighted by atomic mass is 32.1. The Kier molecular flexibility index (Phi) is 5.31. The molecule has 0 radical (unpaired) electrons. The first-order valence-corrected chi connectivity index (χ1v) is 8.85. The Balaban J connectivity index is 1.57. The molecule has 0 saturated heterocycles. The molecule has 0 spiro atoms. The van der Waals surface area contributed by atoms with Gasteiger partial charge in [-0.05, 0) is 63.2 Å². The number of aryl methyl sites for hydroxylation is 4. The number of nitrogens with one attached hydrogen (secondary N) is 3. The van der Waals surface area contributed by atoms with Crippen LogP contribution >= 0.6 is 12.2 Å². The molecule has 1 aromatic carbocycles. The van der Waals surface area contributed by atoms with Crippen LogP contribution in [0, 0.1) is 27.7 Å². The number of hydrogen-bond donors (Lipinski definition) is 3. The number of anilines is 1. The number of thiocarbonyl (C=S) groups is 1. The van der Waals surface area contributed by atoms with Crippen molar-refractivity contribution in [3.8, 4) is 0 Å². The number of nitrogens with zero attached hydrogens (tertiary/aromatic N) is 4. The molecule has 0 saturated carbocycles. The van der Waals surface area contributed by atoms with Crippen LogP contribution in [0.25, 0.3) is 5.78 Å². The molecule has 0 aliphatic rings. The number of rotatable bonds is 3. The molecule has 3 aromatic rings. The average Bonchev–Trinajstić information content (AvgIpc) is 2.99. The Morgan fingerprint density at radius 2 is 1.89 bits per heavy atom. The maximum atomic E-state index is 12.1.